The number of likely N-dealkylation sites (tertiary alicyclic amines) is 1. The molecule has 2 aromatic carbocycles. The fourth-order valence-corrected chi connectivity index (χ4v) is 4.58. The summed E-state index contributed by atoms with van der Waals surface area (Å²) in [5, 5.41) is 0. The molecule has 0 aromatic heterocycles. The summed E-state index contributed by atoms with van der Waals surface area (Å²) in [6.07, 6.45) is 12.0. The van der Waals surface area contributed by atoms with Crippen LogP contribution in [0.5, 0.6) is 5.75 Å². The molecule has 168 valence electrons. The summed E-state index contributed by atoms with van der Waals surface area (Å²) in [5.74, 6) is 0.880. The van der Waals surface area contributed by atoms with Crippen molar-refractivity contribution in [3.8, 4) is 5.75 Å². The average Bonchev–Trinajstić information content (AvgIpc) is 3.25. The van der Waals surface area contributed by atoms with Crippen molar-refractivity contribution in [2.24, 2.45) is 0 Å². The summed E-state index contributed by atoms with van der Waals surface area (Å²) >= 11 is 3.41. The van der Waals surface area contributed by atoms with Crippen LogP contribution in [0.25, 0.3) is 0 Å². The fourth-order valence-electron chi connectivity index (χ4n) is 4.31. The molecule has 1 fully saturated rings. The molecule has 31 heavy (non-hydrogen) atoms. The predicted molar refractivity (Wildman–Crippen MR) is 132 cm³/mol. The van der Waals surface area contributed by atoms with Crippen molar-refractivity contribution >= 4 is 21.7 Å². The SMILES string of the molecule is CCCCCCCCCN1CCCC1COc1ccc(C(=O)c2ccc(Br)cc2)cc1. The van der Waals surface area contributed by atoms with Gasteiger partial charge in [-0.15, -0.1) is 0 Å². The van der Waals surface area contributed by atoms with Crippen LogP contribution in [0.2, 0.25) is 0 Å². The summed E-state index contributed by atoms with van der Waals surface area (Å²) < 4.78 is 7.06. The molecule has 0 aliphatic carbocycles. The minimum absolute atomic E-state index is 0.0377. The second-order valence-electron chi connectivity index (χ2n) is 8.62. The van der Waals surface area contributed by atoms with Gasteiger partial charge in [0.25, 0.3) is 0 Å². The zero-order valence-corrected chi connectivity index (χ0v) is 20.4. The number of halogens is 1. The molecule has 0 radical (unpaired) electrons. The molecule has 2 aromatic rings. The largest absolute Gasteiger partial charge is 0.492 e. The standard InChI is InChI=1S/C27H36BrNO2/c1-2-3-4-5-6-7-8-19-29-20-9-10-25(29)21-31-26-17-13-23(14-18-26)27(30)22-11-15-24(28)16-12-22/h11-18,25H,2-10,19-21H2,1H3. The molecule has 0 amide bonds. The topological polar surface area (TPSA) is 29.5 Å². The minimum atomic E-state index is 0.0377. The molecular formula is C27H36BrNO2. The van der Waals surface area contributed by atoms with Crippen molar-refractivity contribution in [3.63, 3.8) is 0 Å². The third kappa shape index (κ3) is 7.76. The summed E-state index contributed by atoms with van der Waals surface area (Å²) in [6, 6.07) is 15.6. The molecule has 1 unspecified atom stereocenters. The van der Waals surface area contributed by atoms with Gasteiger partial charge in [0.2, 0.25) is 0 Å². The molecule has 0 N–H and O–H groups in total. The van der Waals surface area contributed by atoms with Crippen molar-refractivity contribution in [2.45, 2.75) is 70.8 Å². The molecule has 1 aliphatic heterocycles. The van der Waals surface area contributed by atoms with Crippen LogP contribution in [0.3, 0.4) is 0 Å². The Labute approximate surface area is 196 Å². The van der Waals surface area contributed by atoms with E-state index in [4.69, 9.17) is 4.74 Å². The Morgan fingerprint density at radius 2 is 1.55 bits per heavy atom. The van der Waals surface area contributed by atoms with E-state index in [2.05, 4.69) is 27.8 Å². The fraction of sp³-hybridized carbons (Fsp3) is 0.519. The summed E-state index contributed by atoms with van der Waals surface area (Å²) in [6.45, 7) is 5.40. The highest BCUT2D eigenvalue weighted by Crippen LogP contribution is 2.22. The molecule has 0 saturated carbocycles. The number of carbonyl (C=O) groups excluding carboxylic acids is 1. The lowest BCUT2D eigenvalue weighted by Gasteiger charge is -2.24. The van der Waals surface area contributed by atoms with E-state index in [0.717, 1.165) is 16.8 Å². The Kier molecular flexibility index (Phi) is 10.1. The van der Waals surface area contributed by atoms with Crippen LogP contribution in [0.15, 0.2) is 53.0 Å². The van der Waals surface area contributed by atoms with E-state index in [9.17, 15) is 4.79 Å². The zero-order valence-electron chi connectivity index (χ0n) is 18.8. The Hall–Kier alpha value is -1.65. The van der Waals surface area contributed by atoms with Crippen molar-refractivity contribution in [3.05, 3.63) is 64.1 Å². The van der Waals surface area contributed by atoms with Crippen LogP contribution < -0.4 is 4.74 Å². The number of hydrogen-bond donors (Lipinski definition) is 0. The van der Waals surface area contributed by atoms with Crippen LogP contribution >= 0.6 is 15.9 Å². The molecule has 1 heterocycles. The Balaban J connectivity index is 1.40. The number of carbonyl (C=O) groups is 1. The van der Waals surface area contributed by atoms with Crippen LogP contribution in [0, 0.1) is 0 Å². The highest BCUT2D eigenvalue weighted by molar-refractivity contribution is 9.10. The predicted octanol–water partition coefficient (Wildman–Crippen LogP) is 7.27. The average molecular weight is 486 g/mol. The van der Waals surface area contributed by atoms with E-state index in [0.29, 0.717) is 17.2 Å². The Morgan fingerprint density at radius 1 is 0.935 bits per heavy atom. The zero-order chi connectivity index (χ0) is 21.9. The van der Waals surface area contributed by atoms with Gasteiger partial charge in [-0.2, -0.15) is 0 Å². The maximum Gasteiger partial charge on any atom is 0.193 e. The first-order chi connectivity index (χ1) is 15.2. The van der Waals surface area contributed by atoms with E-state index >= 15 is 0 Å². The first-order valence-corrected chi connectivity index (χ1v) is 12.7. The van der Waals surface area contributed by atoms with E-state index in [-0.39, 0.29) is 5.78 Å². The van der Waals surface area contributed by atoms with Crippen LogP contribution in [-0.2, 0) is 0 Å². The number of ether oxygens (including phenoxy) is 1. The lowest BCUT2D eigenvalue weighted by molar-refractivity contribution is 0.103. The second kappa shape index (κ2) is 13.0. The van der Waals surface area contributed by atoms with E-state index in [1.54, 1.807) is 0 Å². The van der Waals surface area contributed by atoms with Gasteiger partial charge >= 0.3 is 0 Å². The molecule has 0 bridgehead atoms. The van der Waals surface area contributed by atoms with Gasteiger partial charge in [-0.1, -0.05) is 61.4 Å². The molecule has 1 saturated heterocycles. The van der Waals surface area contributed by atoms with Gasteiger partial charge in [0, 0.05) is 21.6 Å². The van der Waals surface area contributed by atoms with Crippen molar-refractivity contribution < 1.29 is 9.53 Å². The summed E-state index contributed by atoms with van der Waals surface area (Å²) in [4.78, 5) is 15.2. The van der Waals surface area contributed by atoms with Gasteiger partial charge < -0.3 is 4.74 Å². The third-order valence-corrected chi connectivity index (χ3v) is 6.74. The molecule has 0 spiro atoms. The number of rotatable bonds is 13. The highest BCUT2D eigenvalue weighted by atomic mass is 79.9. The lowest BCUT2D eigenvalue weighted by Crippen LogP contribution is -2.34. The quantitative estimate of drug-likeness (QED) is 0.220. The number of benzene rings is 2. The summed E-state index contributed by atoms with van der Waals surface area (Å²) in [7, 11) is 0. The summed E-state index contributed by atoms with van der Waals surface area (Å²) in [5.41, 5.74) is 1.39. The van der Waals surface area contributed by atoms with E-state index in [1.165, 1.54) is 70.9 Å². The normalized spacial score (nSPS) is 16.5. The molecule has 1 aliphatic rings. The number of nitrogens with zero attached hydrogens (tertiary/aromatic N) is 1. The first kappa shape index (κ1) is 24.0. The number of ketones is 1. The third-order valence-electron chi connectivity index (χ3n) is 6.21. The second-order valence-corrected chi connectivity index (χ2v) is 9.54. The Morgan fingerprint density at radius 3 is 2.23 bits per heavy atom. The molecule has 3 nitrogen and oxygen atoms in total. The van der Waals surface area contributed by atoms with Crippen molar-refractivity contribution in [2.75, 3.05) is 19.7 Å². The molecular weight excluding hydrogens is 450 g/mol. The highest BCUT2D eigenvalue weighted by Gasteiger charge is 2.24. The first-order valence-electron chi connectivity index (χ1n) is 11.9. The Bertz CT molecular complexity index is 788. The van der Waals surface area contributed by atoms with Gasteiger partial charge in [-0.25, -0.2) is 0 Å². The van der Waals surface area contributed by atoms with Gasteiger partial charge in [0.05, 0.1) is 0 Å². The smallest absolute Gasteiger partial charge is 0.193 e. The van der Waals surface area contributed by atoms with Gasteiger partial charge in [0.15, 0.2) is 5.78 Å². The van der Waals surface area contributed by atoms with Gasteiger partial charge in [-0.05, 0) is 80.9 Å². The maximum atomic E-state index is 12.6. The van der Waals surface area contributed by atoms with E-state index < -0.39 is 0 Å². The van der Waals surface area contributed by atoms with Crippen molar-refractivity contribution in [1.29, 1.82) is 0 Å². The van der Waals surface area contributed by atoms with Gasteiger partial charge in [-0.3, -0.25) is 9.69 Å². The minimum Gasteiger partial charge on any atom is -0.492 e. The number of unbranched alkanes of at least 4 members (excludes halogenated alkanes) is 6. The lowest BCUT2D eigenvalue weighted by atomic mass is 10.0. The van der Waals surface area contributed by atoms with Crippen LogP contribution in [-0.4, -0.2) is 36.4 Å². The number of hydrogen-bond acceptors (Lipinski definition) is 3. The van der Waals surface area contributed by atoms with Gasteiger partial charge in [0.1, 0.15) is 12.4 Å². The monoisotopic (exact) mass is 485 g/mol. The molecule has 3 rings (SSSR count). The molecule has 1 atom stereocenters. The molecule has 4 heteroatoms. The van der Waals surface area contributed by atoms with Crippen LogP contribution in [0.1, 0.15) is 80.6 Å². The maximum absolute atomic E-state index is 12.6. The van der Waals surface area contributed by atoms with E-state index in [1.807, 2.05) is 48.5 Å². The van der Waals surface area contributed by atoms with Crippen LogP contribution in [0.4, 0.5) is 0 Å². The van der Waals surface area contributed by atoms with Crippen molar-refractivity contribution in [1.82, 2.24) is 4.90 Å².